The molecule has 1 saturated heterocycles. The van der Waals surface area contributed by atoms with Crippen molar-refractivity contribution in [1.29, 1.82) is 10.8 Å². The summed E-state index contributed by atoms with van der Waals surface area (Å²) in [5, 5.41) is 28.6. The monoisotopic (exact) mass is 571 g/mol. The van der Waals surface area contributed by atoms with Gasteiger partial charge in [0.1, 0.15) is 36.3 Å². The van der Waals surface area contributed by atoms with Crippen LogP contribution < -0.4 is 15.1 Å². The highest BCUT2D eigenvalue weighted by Crippen LogP contribution is 2.35. The fourth-order valence-electron chi connectivity index (χ4n) is 4.06. The van der Waals surface area contributed by atoms with Crippen molar-refractivity contribution in [3.8, 4) is 11.5 Å². The molecule has 1 fully saturated rings. The van der Waals surface area contributed by atoms with E-state index in [0.717, 1.165) is 29.1 Å². The van der Waals surface area contributed by atoms with Crippen LogP contribution in [0.1, 0.15) is 36.5 Å². The first-order valence-electron chi connectivity index (χ1n) is 12.3. The van der Waals surface area contributed by atoms with E-state index in [4.69, 9.17) is 36.7 Å². The van der Waals surface area contributed by atoms with Crippen molar-refractivity contribution in [2.45, 2.75) is 32.5 Å². The Labute approximate surface area is 230 Å². The molecule has 0 spiro atoms. The molecule has 0 aromatic heterocycles. The van der Waals surface area contributed by atoms with Crippen LogP contribution in [-0.4, -0.2) is 74.4 Å². The Bertz CT molecular complexity index is 1170. The zero-order chi connectivity index (χ0) is 28.7. The van der Waals surface area contributed by atoms with E-state index < -0.39 is 19.3 Å². The molecule has 0 radical (unpaired) electrons. The Balaban J connectivity index is 1.94. The lowest BCUT2D eigenvalue weighted by Gasteiger charge is -2.29. The molecule has 13 heteroatoms. The predicted octanol–water partition coefficient (Wildman–Crippen LogP) is 4.90. The summed E-state index contributed by atoms with van der Waals surface area (Å²) >= 11 is 6.60. The number of methoxy groups -OCH3 is 1. The Morgan fingerprint density at radius 3 is 2.49 bits per heavy atom. The number of amidine groups is 2. The number of nitrogens with zero attached hydrogens (tertiary/aromatic N) is 2. The minimum Gasteiger partial charge on any atom is -0.507 e. The predicted molar refractivity (Wildman–Crippen MR) is 143 cm³/mol. The molecule has 0 unspecified atom stereocenters. The number of phenolic OH excluding ortho intramolecular Hbond substituents is 1. The highest BCUT2D eigenvalue weighted by Gasteiger charge is 2.28. The normalized spacial score (nSPS) is 14.5. The molecule has 2 aromatic carbocycles. The van der Waals surface area contributed by atoms with Crippen LogP contribution in [0.3, 0.4) is 0 Å². The van der Waals surface area contributed by atoms with Gasteiger partial charge in [-0.15, -0.1) is 0 Å². The van der Waals surface area contributed by atoms with Crippen LogP contribution in [0.4, 0.5) is 18.9 Å². The van der Waals surface area contributed by atoms with Gasteiger partial charge in [0.2, 0.25) is 0 Å². The van der Waals surface area contributed by atoms with Gasteiger partial charge in [0.25, 0.3) is 0 Å². The largest absolute Gasteiger partial charge is 0.507 e. The Hall–Kier alpha value is -2.90. The van der Waals surface area contributed by atoms with Crippen LogP contribution in [0.25, 0.3) is 0 Å². The molecular weight excluding hydrogens is 539 g/mol. The van der Waals surface area contributed by atoms with Gasteiger partial charge in [0.05, 0.1) is 31.6 Å². The molecule has 2 aromatic rings. The first-order valence-corrected chi connectivity index (χ1v) is 12.7. The summed E-state index contributed by atoms with van der Waals surface area (Å²) in [5.74, 6) is -0.476. The third-order valence-electron chi connectivity index (χ3n) is 6.09. The first-order chi connectivity index (χ1) is 18.4. The van der Waals surface area contributed by atoms with Crippen molar-refractivity contribution in [1.82, 2.24) is 10.4 Å². The molecule has 1 aliphatic heterocycles. The van der Waals surface area contributed by atoms with E-state index in [-0.39, 0.29) is 28.9 Å². The van der Waals surface area contributed by atoms with Crippen molar-refractivity contribution in [3.05, 3.63) is 52.0 Å². The molecule has 4 N–H and O–H groups in total. The molecule has 0 bridgehead atoms. The molecule has 214 valence electrons. The van der Waals surface area contributed by atoms with Crippen LogP contribution in [0.15, 0.2) is 30.3 Å². The molecule has 1 aliphatic rings. The number of alkyl halides is 3. The number of benzene rings is 2. The lowest BCUT2D eigenvalue weighted by Crippen LogP contribution is -2.41. The zero-order valence-corrected chi connectivity index (χ0v) is 22.7. The van der Waals surface area contributed by atoms with E-state index in [1.807, 2.05) is 13.8 Å². The number of phenols is 1. The van der Waals surface area contributed by atoms with Crippen molar-refractivity contribution < 1.29 is 32.6 Å². The van der Waals surface area contributed by atoms with Crippen LogP contribution in [0.5, 0.6) is 11.5 Å². The lowest BCUT2D eigenvalue weighted by molar-refractivity contribution is -0.146. The van der Waals surface area contributed by atoms with Crippen LogP contribution in [-0.2, 0) is 16.1 Å². The van der Waals surface area contributed by atoms with Gasteiger partial charge in [-0.25, -0.2) is 0 Å². The van der Waals surface area contributed by atoms with E-state index in [0.29, 0.717) is 36.2 Å². The van der Waals surface area contributed by atoms with Gasteiger partial charge < -0.3 is 14.6 Å². The summed E-state index contributed by atoms with van der Waals surface area (Å²) in [5.41, 5.74) is 3.75. The molecule has 0 amide bonds. The molecule has 3 rings (SSSR count). The second-order valence-corrected chi connectivity index (χ2v) is 9.69. The second kappa shape index (κ2) is 13.4. The first kappa shape index (κ1) is 30.6. The fourth-order valence-corrected chi connectivity index (χ4v) is 4.30. The van der Waals surface area contributed by atoms with E-state index in [1.165, 1.54) is 13.2 Å². The van der Waals surface area contributed by atoms with E-state index in [9.17, 15) is 18.3 Å². The summed E-state index contributed by atoms with van der Waals surface area (Å²) in [6.07, 6.45) is -4.50. The number of ether oxygens (including phenoxy) is 2. The minimum atomic E-state index is -4.50. The Kier molecular flexibility index (Phi) is 10.6. The lowest BCUT2D eigenvalue weighted by atomic mass is 9.98. The van der Waals surface area contributed by atoms with Gasteiger partial charge in [-0.3, -0.25) is 25.5 Å². The SMILES string of the molecule is COc1cc(O)c(C(=N)N(C(=N)CONCC(F)(F)F)c2ccc(CN3CCOCC3)c(Cl)c2)cc1C(C)C. The van der Waals surface area contributed by atoms with Gasteiger partial charge in [-0.1, -0.05) is 31.5 Å². The number of aromatic hydroxyl groups is 1. The number of halogens is 4. The summed E-state index contributed by atoms with van der Waals surface area (Å²) in [6.45, 7) is 5.21. The van der Waals surface area contributed by atoms with Crippen molar-refractivity contribution >= 4 is 29.0 Å². The maximum absolute atomic E-state index is 12.5. The van der Waals surface area contributed by atoms with E-state index >= 15 is 0 Å². The quantitative estimate of drug-likeness (QED) is 0.139. The van der Waals surface area contributed by atoms with Gasteiger partial charge in [0, 0.05) is 30.7 Å². The second-order valence-electron chi connectivity index (χ2n) is 9.29. The van der Waals surface area contributed by atoms with Crippen molar-refractivity contribution in [2.75, 3.05) is 51.5 Å². The van der Waals surface area contributed by atoms with Gasteiger partial charge >= 0.3 is 6.18 Å². The van der Waals surface area contributed by atoms with Crippen LogP contribution in [0, 0.1) is 10.8 Å². The minimum absolute atomic E-state index is 0.0104. The number of hydrogen-bond acceptors (Lipinski definition) is 8. The molecule has 0 saturated carbocycles. The number of hydroxylamine groups is 1. The van der Waals surface area contributed by atoms with Crippen molar-refractivity contribution in [3.63, 3.8) is 0 Å². The number of rotatable bonds is 10. The fraction of sp³-hybridized carbons (Fsp3) is 0.462. The average Bonchev–Trinajstić information content (AvgIpc) is 2.88. The van der Waals surface area contributed by atoms with Crippen LogP contribution >= 0.6 is 11.6 Å². The molecule has 0 aliphatic carbocycles. The van der Waals surface area contributed by atoms with E-state index in [1.54, 1.807) is 29.7 Å². The molecule has 0 atom stereocenters. The number of hydrogen-bond donors (Lipinski definition) is 4. The summed E-state index contributed by atoms with van der Waals surface area (Å²) in [6, 6.07) is 8.00. The average molecular weight is 572 g/mol. The molecule has 9 nitrogen and oxygen atoms in total. The van der Waals surface area contributed by atoms with Crippen molar-refractivity contribution in [2.24, 2.45) is 0 Å². The van der Waals surface area contributed by atoms with Gasteiger partial charge in [0.15, 0.2) is 0 Å². The highest BCUT2D eigenvalue weighted by molar-refractivity contribution is 6.32. The Morgan fingerprint density at radius 1 is 1.21 bits per heavy atom. The molecule has 1 heterocycles. The number of anilines is 1. The topological polar surface area (TPSA) is 114 Å². The number of morpholine rings is 1. The molecular formula is C26H33ClF3N5O4. The standard InChI is InChI=1S/C26H33ClF3N5O4/c1-16(2)19-11-20(22(36)12-23(19)37-3)25(32)35(24(31)14-39-33-15-26(28,29)30)18-5-4-17(21(27)10-18)13-34-6-8-38-9-7-34/h4-5,10-12,16,31-33,36H,6-9,13-15H2,1-3H3. The maximum atomic E-state index is 12.5. The molecule has 39 heavy (non-hydrogen) atoms. The van der Waals surface area contributed by atoms with Crippen LogP contribution in [0.2, 0.25) is 5.02 Å². The summed E-state index contributed by atoms with van der Waals surface area (Å²) in [7, 11) is 1.47. The van der Waals surface area contributed by atoms with Gasteiger partial charge in [-0.05, 0) is 35.2 Å². The Morgan fingerprint density at radius 2 is 1.90 bits per heavy atom. The third-order valence-corrected chi connectivity index (χ3v) is 6.45. The zero-order valence-electron chi connectivity index (χ0n) is 22.0. The summed E-state index contributed by atoms with van der Waals surface area (Å²) in [4.78, 5) is 8.22. The third kappa shape index (κ3) is 8.29. The van der Waals surface area contributed by atoms with Gasteiger partial charge in [-0.2, -0.15) is 18.7 Å². The smallest absolute Gasteiger partial charge is 0.403 e. The number of nitrogens with one attached hydrogen (secondary N) is 3. The highest BCUT2D eigenvalue weighted by atomic mass is 35.5. The van der Waals surface area contributed by atoms with E-state index in [2.05, 4.69) is 4.90 Å². The summed E-state index contributed by atoms with van der Waals surface area (Å²) < 4.78 is 48.3. The maximum Gasteiger partial charge on any atom is 0.403 e.